The molecule has 5 nitrogen and oxygen atoms in total. The van der Waals surface area contributed by atoms with Crippen molar-refractivity contribution in [1.82, 2.24) is 4.98 Å². The number of nitrogens with zero attached hydrogens (tertiary/aromatic N) is 1. The van der Waals surface area contributed by atoms with E-state index in [0.717, 1.165) is 11.3 Å². The van der Waals surface area contributed by atoms with Gasteiger partial charge < -0.3 is 14.9 Å². The molecule has 2 aromatic rings. The van der Waals surface area contributed by atoms with Gasteiger partial charge in [-0.15, -0.1) is 11.3 Å². The summed E-state index contributed by atoms with van der Waals surface area (Å²) in [6, 6.07) is 1.53. The molecule has 0 saturated carbocycles. The van der Waals surface area contributed by atoms with E-state index < -0.39 is 5.97 Å². The summed E-state index contributed by atoms with van der Waals surface area (Å²) in [7, 11) is 0. The third kappa shape index (κ3) is 2.82. The third-order valence-corrected chi connectivity index (χ3v) is 4.58. The summed E-state index contributed by atoms with van der Waals surface area (Å²) < 4.78 is 5.43. The van der Waals surface area contributed by atoms with E-state index in [1.54, 1.807) is 12.3 Å². The van der Waals surface area contributed by atoms with Gasteiger partial charge in [0.05, 0.1) is 16.8 Å². The number of thiazole rings is 1. The first-order valence-electron chi connectivity index (χ1n) is 5.48. The first kappa shape index (κ1) is 15.3. The largest absolute Gasteiger partial charge is 0.506 e. The fourth-order valence-corrected chi connectivity index (χ4v) is 3.31. The molecule has 2 N–H and O–H groups in total. The van der Waals surface area contributed by atoms with Crippen LogP contribution in [0.3, 0.4) is 0 Å². The Labute approximate surface area is 135 Å². The average Bonchev–Trinajstić information content (AvgIpc) is 2.90. The van der Waals surface area contributed by atoms with Gasteiger partial charge >= 0.3 is 5.97 Å². The number of carbonyl (C=O) groups is 1. The zero-order valence-electron chi connectivity index (χ0n) is 10.2. The lowest BCUT2D eigenvalue weighted by molar-refractivity contribution is 0.0526. The highest BCUT2D eigenvalue weighted by molar-refractivity contribution is 9.11. The lowest BCUT2D eigenvalue weighted by Crippen LogP contribution is -2.03. The van der Waals surface area contributed by atoms with E-state index >= 15 is 0 Å². The highest BCUT2D eigenvalue weighted by Gasteiger charge is 2.19. The molecule has 8 heteroatoms. The van der Waals surface area contributed by atoms with Crippen molar-refractivity contribution >= 4 is 49.2 Å². The van der Waals surface area contributed by atoms with Gasteiger partial charge in [-0.2, -0.15) is 0 Å². The number of aromatic hydroxyl groups is 2. The summed E-state index contributed by atoms with van der Waals surface area (Å²) in [6.45, 7) is 1.99. The lowest BCUT2D eigenvalue weighted by Gasteiger charge is -2.07. The van der Waals surface area contributed by atoms with Gasteiger partial charge in [0.25, 0.3) is 0 Å². The van der Waals surface area contributed by atoms with Gasteiger partial charge in [0.15, 0.2) is 0 Å². The summed E-state index contributed by atoms with van der Waals surface area (Å²) in [6.07, 6.45) is 0. The summed E-state index contributed by atoms with van der Waals surface area (Å²) in [5, 5.41) is 21.6. The van der Waals surface area contributed by atoms with Gasteiger partial charge in [0, 0.05) is 10.9 Å². The standard InChI is InChI=1S/C12H9Br2NO4S/c1-2-19-12(18)11-15-7(4-20-11)5-3-6(13)10(17)8(14)9(5)16/h3-4,16-17H,2H2,1H3. The van der Waals surface area contributed by atoms with E-state index in [1.807, 2.05) is 0 Å². The molecule has 0 aliphatic rings. The van der Waals surface area contributed by atoms with Gasteiger partial charge in [-0.1, -0.05) is 0 Å². The monoisotopic (exact) mass is 421 g/mol. The van der Waals surface area contributed by atoms with Crippen LogP contribution in [-0.2, 0) is 4.74 Å². The van der Waals surface area contributed by atoms with Crippen LogP contribution in [0.25, 0.3) is 11.3 Å². The van der Waals surface area contributed by atoms with E-state index in [9.17, 15) is 15.0 Å². The molecule has 0 saturated heterocycles. The topological polar surface area (TPSA) is 79.7 Å². The van der Waals surface area contributed by atoms with Crippen molar-refractivity contribution < 1.29 is 19.7 Å². The number of aromatic nitrogens is 1. The van der Waals surface area contributed by atoms with Crippen molar-refractivity contribution in [3.63, 3.8) is 0 Å². The molecule has 0 spiro atoms. The van der Waals surface area contributed by atoms with Crippen LogP contribution in [0.15, 0.2) is 20.4 Å². The van der Waals surface area contributed by atoms with Crippen LogP contribution in [0.2, 0.25) is 0 Å². The van der Waals surface area contributed by atoms with Crippen LogP contribution in [0.1, 0.15) is 16.7 Å². The van der Waals surface area contributed by atoms with Crippen LogP contribution in [-0.4, -0.2) is 27.8 Å². The third-order valence-electron chi connectivity index (χ3n) is 2.40. The highest BCUT2D eigenvalue weighted by atomic mass is 79.9. The Morgan fingerprint density at radius 2 is 2.10 bits per heavy atom. The van der Waals surface area contributed by atoms with Gasteiger partial charge in [0.1, 0.15) is 16.0 Å². The second kappa shape index (κ2) is 6.11. The number of esters is 1. The fraction of sp³-hybridized carbons (Fsp3) is 0.167. The van der Waals surface area contributed by atoms with Gasteiger partial charge in [-0.3, -0.25) is 0 Å². The van der Waals surface area contributed by atoms with Crippen LogP contribution < -0.4 is 0 Å². The molecule has 0 amide bonds. The predicted octanol–water partition coefficient (Wildman–Crippen LogP) is 3.92. The van der Waals surface area contributed by atoms with Crippen LogP contribution in [0.5, 0.6) is 11.5 Å². The van der Waals surface area contributed by atoms with E-state index in [0.29, 0.717) is 15.7 Å². The molecule has 0 aliphatic carbocycles. The zero-order chi connectivity index (χ0) is 14.9. The quantitative estimate of drug-likeness (QED) is 0.732. The molecule has 1 aromatic heterocycles. The first-order chi connectivity index (χ1) is 9.45. The Hall–Kier alpha value is -1.12. The second-order valence-corrected chi connectivity index (χ2v) is 6.18. The normalized spacial score (nSPS) is 10.6. The minimum atomic E-state index is -0.500. The molecule has 0 radical (unpaired) electrons. The number of rotatable bonds is 3. The van der Waals surface area contributed by atoms with E-state index in [-0.39, 0.29) is 27.6 Å². The second-order valence-electron chi connectivity index (χ2n) is 3.68. The Kier molecular flexibility index (Phi) is 4.66. The molecule has 1 aromatic carbocycles. The number of phenols is 2. The molecule has 2 rings (SSSR count). The average molecular weight is 423 g/mol. The SMILES string of the molecule is CCOC(=O)c1nc(-c2cc(Br)c(O)c(Br)c2O)cs1. The molecular weight excluding hydrogens is 414 g/mol. The fourth-order valence-electron chi connectivity index (χ4n) is 1.48. The lowest BCUT2D eigenvalue weighted by atomic mass is 10.1. The molecule has 1 heterocycles. The van der Waals surface area contributed by atoms with E-state index in [2.05, 4.69) is 36.8 Å². The highest BCUT2D eigenvalue weighted by Crippen LogP contribution is 2.45. The van der Waals surface area contributed by atoms with Crippen molar-refractivity contribution in [2.24, 2.45) is 0 Å². The van der Waals surface area contributed by atoms with Crippen molar-refractivity contribution in [2.75, 3.05) is 6.61 Å². The van der Waals surface area contributed by atoms with Crippen LogP contribution >= 0.6 is 43.2 Å². The number of benzene rings is 1. The summed E-state index contributed by atoms with van der Waals surface area (Å²) in [4.78, 5) is 15.7. The Bertz CT molecular complexity index is 672. The van der Waals surface area contributed by atoms with Crippen LogP contribution in [0, 0.1) is 0 Å². The van der Waals surface area contributed by atoms with E-state index in [4.69, 9.17) is 4.74 Å². The molecule has 20 heavy (non-hydrogen) atoms. The van der Waals surface area contributed by atoms with Gasteiger partial charge in [0.2, 0.25) is 5.01 Å². The van der Waals surface area contributed by atoms with Gasteiger partial charge in [-0.05, 0) is 44.8 Å². The first-order valence-corrected chi connectivity index (χ1v) is 7.95. The maximum absolute atomic E-state index is 11.6. The maximum Gasteiger partial charge on any atom is 0.367 e. The number of phenolic OH excluding ortho intramolecular Hbond substituents is 2. The summed E-state index contributed by atoms with van der Waals surface area (Å²) in [5.74, 6) is -0.751. The van der Waals surface area contributed by atoms with Crippen molar-refractivity contribution in [3.05, 3.63) is 25.4 Å². The Balaban J connectivity index is 2.45. The Morgan fingerprint density at radius 3 is 2.75 bits per heavy atom. The predicted molar refractivity (Wildman–Crippen MR) is 82.2 cm³/mol. The van der Waals surface area contributed by atoms with Crippen molar-refractivity contribution in [3.8, 4) is 22.8 Å². The van der Waals surface area contributed by atoms with Crippen LogP contribution in [0.4, 0.5) is 0 Å². The molecule has 0 atom stereocenters. The molecule has 0 bridgehead atoms. The van der Waals surface area contributed by atoms with Crippen molar-refractivity contribution in [1.29, 1.82) is 0 Å². The molecule has 106 valence electrons. The number of hydrogen-bond donors (Lipinski definition) is 2. The van der Waals surface area contributed by atoms with Gasteiger partial charge in [-0.25, -0.2) is 9.78 Å². The number of halogens is 2. The minimum absolute atomic E-state index is 0.105. The molecule has 0 fully saturated rings. The number of ether oxygens (including phenoxy) is 1. The smallest absolute Gasteiger partial charge is 0.367 e. The molecule has 0 aliphatic heterocycles. The maximum atomic E-state index is 11.6. The Morgan fingerprint density at radius 1 is 1.40 bits per heavy atom. The number of carbonyl (C=O) groups excluding carboxylic acids is 1. The zero-order valence-corrected chi connectivity index (χ0v) is 14.2. The molecular formula is C12H9Br2NO4S. The summed E-state index contributed by atoms with van der Waals surface area (Å²) >= 11 is 7.40. The minimum Gasteiger partial charge on any atom is -0.506 e. The number of hydrogen-bond acceptors (Lipinski definition) is 6. The summed E-state index contributed by atoms with van der Waals surface area (Å²) in [5.41, 5.74) is 0.824. The van der Waals surface area contributed by atoms with E-state index in [1.165, 1.54) is 6.07 Å². The molecule has 0 unspecified atom stereocenters. The van der Waals surface area contributed by atoms with Crippen molar-refractivity contribution in [2.45, 2.75) is 6.92 Å².